The standard InChI is InChI=1S/C11H17N3O2S/c12-11-14-8-4-3-7(6-9(8)17-11)13-5-1-2-10(15)16/h7,13H,1-6H2,(H2,12,14)(H,15,16)/t7-/m0/s1. The summed E-state index contributed by atoms with van der Waals surface area (Å²) in [6.45, 7) is 0.764. The van der Waals surface area contributed by atoms with Crippen molar-refractivity contribution in [3.05, 3.63) is 10.6 Å². The zero-order valence-corrected chi connectivity index (χ0v) is 10.4. The second-order valence-electron chi connectivity index (χ2n) is 4.31. The number of aryl methyl sites for hydroxylation is 1. The highest BCUT2D eigenvalue weighted by atomic mass is 32.1. The van der Waals surface area contributed by atoms with Crippen LogP contribution in [-0.4, -0.2) is 28.6 Å². The van der Waals surface area contributed by atoms with E-state index in [1.807, 2.05) is 0 Å². The lowest BCUT2D eigenvalue weighted by molar-refractivity contribution is -0.137. The van der Waals surface area contributed by atoms with Crippen molar-refractivity contribution in [2.24, 2.45) is 0 Å². The van der Waals surface area contributed by atoms with Crippen LogP contribution in [0.1, 0.15) is 29.8 Å². The van der Waals surface area contributed by atoms with Crippen molar-refractivity contribution in [3.8, 4) is 0 Å². The predicted octanol–water partition coefficient (Wildman–Crippen LogP) is 1.04. The summed E-state index contributed by atoms with van der Waals surface area (Å²) in [7, 11) is 0. The summed E-state index contributed by atoms with van der Waals surface area (Å²) in [6.07, 6.45) is 3.92. The Morgan fingerprint density at radius 1 is 1.65 bits per heavy atom. The molecule has 2 rings (SSSR count). The topological polar surface area (TPSA) is 88.2 Å². The number of aromatic nitrogens is 1. The number of carboxylic acid groups (broad SMARTS) is 1. The van der Waals surface area contributed by atoms with E-state index in [0.29, 0.717) is 17.6 Å². The Hall–Kier alpha value is -1.14. The highest BCUT2D eigenvalue weighted by Gasteiger charge is 2.21. The Kier molecular flexibility index (Phi) is 3.96. The van der Waals surface area contributed by atoms with Gasteiger partial charge in [-0.3, -0.25) is 4.79 Å². The molecule has 4 N–H and O–H groups in total. The van der Waals surface area contributed by atoms with Crippen LogP contribution >= 0.6 is 11.3 Å². The number of thiazole rings is 1. The van der Waals surface area contributed by atoms with Gasteiger partial charge in [0.05, 0.1) is 5.69 Å². The van der Waals surface area contributed by atoms with Crippen molar-refractivity contribution >= 4 is 22.4 Å². The van der Waals surface area contributed by atoms with Gasteiger partial charge in [0, 0.05) is 17.3 Å². The van der Waals surface area contributed by atoms with E-state index in [9.17, 15) is 4.79 Å². The van der Waals surface area contributed by atoms with Gasteiger partial charge in [-0.15, -0.1) is 11.3 Å². The minimum absolute atomic E-state index is 0.235. The Morgan fingerprint density at radius 2 is 2.47 bits per heavy atom. The Bertz CT molecular complexity index is 405. The van der Waals surface area contributed by atoms with Crippen LogP contribution in [-0.2, 0) is 17.6 Å². The summed E-state index contributed by atoms with van der Waals surface area (Å²) in [6, 6.07) is 0.441. The van der Waals surface area contributed by atoms with Gasteiger partial charge in [-0.25, -0.2) is 4.98 Å². The Labute approximate surface area is 104 Å². The highest BCUT2D eigenvalue weighted by Crippen LogP contribution is 2.27. The zero-order valence-electron chi connectivity index (χ0n) is 9.61. The number of nitrogens with zero attached hydrogens (tertiary/aromatic N) is 1. The molecule has 0 fully saturated rings. The van der Waals surface area contributed by atoms with Crippen LogP contribution in [0.5, 0.6) is 0 Å². The van der Waals surface area contributed by atoms with Crippen molar-refractivity contribution in [1.29, 1.82) is 0 Å². The van der Waals surface area contributed by atoms with Crippen molar-refractivity contribution in [2.75, 3.05) is 12.3 Å². The van der Waals surface area contributed by atoms with Crippen LogP contribution in [0.4, 0.5) is 5.13 Å². The van der Waals surface area contributed by atoms with Gasteiger partial charge < -0.3 is 16.2 Å². The first-order valence-electron chi connectivity index (χ1n) is 5.84. The molecule has 0 amide bonds. The van der Waals surface area contributed by atoms with E-state index in [0.717, 1.165) is 31.5 Å². The molecule has 1 aliphatic carbocycles. The molecule has 1 aromatic heterocycles. The summed E-state index contributed by atoms with van der Waals surface area (Å²) < 4.78 is 0. The molecule has 1 aromatic rings. The van der Waals surface area contributed by atoms with E-state index >= 15 is 0 Å². The van der Waals surface area contributed by atoms with E-state index in [-0.39, 0.29) is 6.42 Å². The molecule has 0 saturated carbocycles. The Morgan fingerprint density at radius 3 is 3.24 bits per heavy atom. The fourth-order valence-electron chi connectivity index (χ4n) is 2.11. The molecule has 17 heavy (non-hydrogen) atoms. The average Bonchev–Trinajstić information content (AvgIpc) is 2.63. The number of nitrogen functional groups attached to an aromatic ring is 1. The molecule has 6 heteroatoms. The van der Waals surface area contributed by atoms with E-state index in [4.69, 9.17) is 10.8 Å². The molecule has 0 saturated heterocycles. The van der Waals surface area contributed by atoms with Crippen LogP contribution in [0.3, 0.4) is 0 Å². The molecule has 0 unspecified atom stereocenters. The molecule has 0 bridgehead atoms. The fraction of sp³-hybridized carbons (Fsp3) is 0.636. The average molecular weight is 255 g/mol. The number of anilines is 1. The van der Waals surface area contributed by atoms with Gasteiger partial charge in [0.25, 0.3) is 0 Å². The lowest BCUT2D eigenvalue weighted by Gasteiger charge is -2.22. The normalized spacial score (nSPS) is 18.9. The number of rotatable bonds is 5. The number of fused-ring (bicyclic) bond motifs is 1. The molecule has 5 nitrogen and oxygen atoms in total. The van der Waals surface area contributed by atoms with Crippen LogP contribution in [0.2, 0.25) is 0 Å². The number of carbonyl (C=O) groups is 1. The molecule has 0 spiro atoms. The van der Waals surface area contributed by atoms with E-state index < -0.39 is 5.97 Å². The second kappa shape index (κ2) is 5.46. The minimum atomic E-state index is -0.729. The van der Waals surface area contributed by atoms with E-state index in [2.05, 4.69) is 10.3 Å². The molecule has 0 radical (unpaired) electrons. The molecule has 1 heterocycles. The quantitative estimate of drug-likeness (QED) is 0.684. The summed E-state index contributed by atoms with van der Waals surface area (Å²) in [5.74, 6) is -0.729. The minimum Gasteiger partial charge on any atom is -0.481 e. The van der Waals surface area contributed by atoms with Crippen LogP contribution in [0.25, 0.3) is 0 Å². The van der Waals surface area contributed by atoms with E-state index in [1.54, 1.807) is 11.3 Å². The number of carboxylic acids is 1. The number of hydrogen-bond acceptors (Lipinski definition) is 5. The molecular weight excluding hydrogens is 238 g/mol. The zero-order chi connectivity index (χ0) is 12.3. The first-order chi connectivity index (χ1) is 8.15. The lowest BCUT2D eigenvalue weighted by Crippen LogP contribution is -2.34. The molecule has 94 valence electrons. The number of hydrogen-bond donors (Lipinski definition) is 3. The van der Waals surface area contributed by atoms with E-state index in [1.165, 1.54) is 4.88 Å². The molecule has 1 aliphatic rings. The van der Waals surface area contributed by atoms with Crippen LogP contribution in [0, 0.1) is 0 Å². The molecule has 0 aliphatic heterocycles. The number of nitrogens with two attached hydrogens (primary N) is 1. The summed E-state index contributed by atoms with van der Waals surface area (Å²) in [4.78, 5) is 15.9. The van der Waals surface area contributed by atoms with Crippen LogP contribution < -0.4 is 11.1 Å². The van der Waals surface area contributed by atoms with Gasteiger partial charge in [0.1, 0.15) is 0 Å². The summed E-state index contributed by atoms with van der Waals surface area (Å²) in [5.41, 5.74) is 6.83. The van der Waals surface area contributed by atoms with Gasteiger partial charge in [-0.2, -0.15) is 0 Å². The van der Waals surface area contributed by atoms with Gasteiger partial charge >= 0.3 is 5.97 Å². The first-order valence-corrected chi connectivity index (χ1v) is 6.66. The van der Waals surface area contributed by atoms with Crippen molar-refractivity contribution in [1.82, 2.24) is 10.3 Å². The monoisotopic (exact) mass is 255 g/mol. The maximum atomic E-state index is 10.4. The third-order valence-corrected chi connectivity index (χ3v) is 3.91. The maximum Gasteiger partial charge on any atom is 0.303 e. The molecular formula is C11H17N3O2S. The van der Waals surface area contributed by atoms with Gasteiger partial charge in [0.2, 0.25) is 0 Å². The lowest BCUT2D eigenvalue weighted by atomic mass is 9.97. The summed E-state index contributed by atoms with van der Waals surface area (Å²) in [5, 5.41) is 12.6. The highest BCUT2D eigenvalue weighted by molar-refractivity contribution is 7.15. The fourth-order valence-corrected chi connectivity index (χ4v) is 3.07. The number of nitrogens with one attached hydrogen (secondary N) is 1. The smallest absolute Gasteiger partial charge is 0.303 e. The third-order valence-electron chi connectivity index (χ3n) is 2.96. The second-order valence-corrected chi connectivity index (χ2v) is 5.43. The van der Waals surface area contributed by atoms with Crippen molar-refractivity contribution in [3.63, 3.8) is 0 Å². The maximum absolute atomic E-state index is 10.4. The first kappa shape index (κ1) is 12.3. The predicted molar refractivity (Wildman–Crippen MR) is 67.2 cm³/mol. The molecule has 1 atom stereocenters. The van der Waals surface area contributed by atoms with Gasteiger partial charge in [-0.05, 0) is 32.2 Å². The number of aliphatic carboxylic acids is 1. The third kappa shape index (κ3) is 3.41. The van der Waals surface area contributed by atoms with Gasteiger partial charge in [-0.1, -0.05) is 0 Å². The molecule has 0 aromatic carbocycles. The Balaban J connectivity index is 1.76. The SMILES string of the molecule is Nc1nc2c(s1)C[C@@H](NCCCC(=O)O)CC2. The van der Waals surface area contributed by atoms with Crippen LogP contribution in [0.15, 0.2) is 0 Å². The van der Waals surface area contributed by atoms with Crippen molar-refractivity contribution < 1.29 is 9.90 Å². The largest absolute Gasteiger partial charge is 0.481 e. The summed E-state index contributed by atoms with van der Waals surface area (Å²) >= 11 is 1.57. The van der Waals surface area contributed by atoms with Crippen molar-refractivity contribution in [2.45, 2.75) is 38.1 Å². The van der Waals surface area contributed by atoms with Gasteiger partial charge in [0.15, 0.2) is 5.13 Å².